The molecule has 1 heterocycles. The van der Waals surface area contributed by atoms with Crippen molar-refractivity contribution in [2.24, 2.45) is 0 Å². The lowest BCUT2D eigenvalue weighted by atomic mass is 10.1. The summed E-state index contributed by atoms with van der Waals surface area (Å²) >= 11 is 6.11. The molecule has 0 saturated carbocycles. The van der Waals surface area contributed by atoms with E-state index in [0.29, 0.717) is 23.7 Å². The number of anilines is 1. The van der Waals surface area contributed by atoms with Gasteiger partial charge in [0, 0.05) is 12.1 Å². The number of aryl methyl sites for hydroxylation is 1. The molecule has 27 heavy (non-hydrogen) atoms. The molecule has 140 valence electrons. The molecule has 0 bridgehead atoms. The number of nitro groups is 1. The largest absolute Gasteiger partial charge is 0.340 e. The minimum absolute atomic E-state index is 0.0283. The molecular formula is C18H15ClFN3O4. The number of halogens is 2. The Labute approximate surface area is 158 Å². The number of rotatable bonds is 4. The van der Waals surface area contributed by atoms with Gasteiger partial charge in [-0.05, 0) is 37.6 Å². The quantitative estimate of drug-likeness (QED) is 0.639. The minimum Gasteiger partial charge on any atom is -0.340 e. The van der Waals surface area contributed by atoms with Gasteiger partial charge in [-0.2, -0.15) is 0 Å². The molecule has 1 fully saturated rings. The van der Waals surface area contributed by atoms with Crippen molar-refractivity contribution in [2.45, 2.75) is 19.4 Å². The number of para-hydroxylation sites is 1. The predicted octanol–water partition coefficient (Wildman–Crippen LogP) is 3.23. The molecule has 1 saturated heterocycles. The number of carbonyl (C=O) groups excluding carboxylic acids is 2. The van der Waals surface area contributed by atoms with Gasteiger partial charge in [-0.15, -0.1) is 0 Å². The van der Waals surface area contributed by atoms with Crippen molar-refractivity contribution in [3.63, 3.8) is 0 Å². The van der Waals surface area contributed by atoms with Crippen molar-refractivity contribution < 1.29 is 18.9 Å². The molecule has 1 aliphatic rings. The molecule has 2 aromatic rings. The first-order chi connectivity index (χ1) is 12.8. The van der Waals surface area contributed by atoms with Crippen molar-refractivity contribution in [2.75, 3.05) is 11.4 Å². The molecule has 1 unspecified atom stereocenters. The van der Waals surface area contributed by atoms with E-state index in [1.165, 1.54) is 11.8 Å². The second-order valence-electron chi connectivity index (χ2n) is 6.13. The van der Waals surface area contributed by atoms with Gasteiger partial charge in [0.25, 0.3) is 11.6 Å². The van der Waals surface area contributed by atoms with E-state index in [4.69, 9.17) is 11.6 Å². The Morgan fingerprint density at radius 3 is 2.74 bits per heavy atom. The molecule has 7 nitrogen and oxygen atoms in total. The van der Waals surface area contributed by atoms with Crippen LogP contribution in [0, 0.1) is 22.9 Å². The Hall–Kier alpha value is -3.00. The average molecular weight is 392 g/mol. The normalized spacial score (nSPS) is 16.5. The zero-order valence-corrected chi connectivity index (χ0v) is 15.0. The lowest BCUT2D eigenvalue weighted by molar-refractivity contribution is -0.385. The van der Waals surface area contributed by atoms with Crippen LogP contribution >= 0.6 is 11.6 Å². The van der Waals surface area contributed by atoms with Crippen LogP contribution in [0.15, 0.2) is 36.4 Å². The van der Waals surface area contributed by atoms with Crippen LogP contribution in [0.4, 0.5) is 15.8 Å². The summed E-state index contributed by atoms with van der Waals surface area (Å²) in [5, 5.41) is 14.1. The maximum absolute atomic E-state index is 13.7. The molecule has 1 aliphatic heterocycles. The second kappa shape index (κ2) is 7.32. The Bertz CT molecular complexity index is 950. The molecule has 2 amide bonds. The number of nitro benzene ring substituents is 1. The molecular weight excluding hydrogens is 377 g/mol. The highest BCUT2D eigenvalue weighted by atomic mass is 35.5. The van der Waals surface area contributed by atoms with Crippen molar-refractivity contribution in [1.29, 1.82) is 0 Å². The Morgan fingerprint density at radius 2 is 2.07 bits per heavy atom. The van der Waals surface area contributed by atoms with Crippen LogP contribution in [-0.2, 0) is 4.79 Å². The van der Waals surface area contributed by atoms with E-state index in [1.807, 2.05) is 0 Å². The lowest BCUT2D eigenvalue weighted by Gasteiger charge is -2.18. The first-order valence-corrected chi connectivity index (χ1v) is 8.48. The first-order valence-electron chi connectivity index (χ1n) is 8.11. The average Bonchev–Trinajstić information content (AvgIpc) is 2.94. The van der Waals surface area contributed by atoms with Crippen LogP contribution in [0.3, 0.4) is 0 Å². The SMILES string of the molecule is Cc1cc(F)cc(C(=O)NC2CCN(c3ccccc3Cl)C2=O)c1[N+](=O)[O-]. The highest BCUT2D eigenvalue weighted by Gasteiger charge is 2.36. The zero-order chi connectivity index (χ0) is 19.7. The monoisotopic (exact) mass is 391 g/mol. The summed E-state index contributed by atoms with van der Waals surface area (Å²) in [6, 6.07) is 7.70. The molecule has 1 N–H and O–H groups in total. The lowest BCUT2D eigenvalue weighted by Crippen LogP contribution is -2.41. The Kier molecular flexibility index (Phi) is 5.09. The van der Waals surface area contributed by atoms with Crippen LogP contribution in [-0.4, -0.2) is 29.3 Å². The van der Waals surface area contributed by atoms with Gasteiger partial charge >= 0.3 is 0 Å². The van der Waals surface area contributed by atoms with Gasteiger partial charge in [-0.25, -0.2) is 4.39 Å². The third-order valence-corrected chi connectivity index (χ3v) is 4.67. The molecule has 0 radical (unpaired) electrons. The van der Waals surface area contributed by atoms with E-state index < -0.39 is 33.9 Å². The standard InChI is InChI=1S/C18H15ClFN3O4/c1-10-8-11(20)9-12(16(10)23(26)27)17(24)21-14-6-7-22(18(14)25)15-5-3-2-4-13(15)19/h2-5,8-9,14H,6-7H2,1H3,(H,21,24). The van der Waals surface area contributed by atoms with Crippen molar-refractivity contribution in [3.05, 3.63) is 68.5 Å². The molecule has 9 heteroatoms. The molecule has 1 atom stereocenters. The summed E-state index contributed by atoms with van der Waals surface area (Å²) in [6.45, 7) is 1.68. The van der Waals surface area contributed by atoms with Crippen molar-refractivity contribution in [3.8, 4) is 0 Å². The fourth-order valence-electron chi connectivity index (χ4n) is 3.11. The van der Waals surface area contributed by atoms with E-state index in [0.717, 1.165) is 12.1 Å². The maximum Gasteiger partial charge on any atom is 0.285 e. The van der Waals surface area contributed by atoms with Gasteiger partial charge in [-0.3, -0.25) is 19.7 Å². The van der Waals surface area contributed by atoms with Gasteiger partial charge in [0.1, 0.15) is 17.4 Å². The molecule has 0 aromatic heterocycles. The van der Waals surface area contributed by atoms with E-state index in [9.17, 15) is 24.1 Å². The van der Waals surface area contributed by atoms with E-state index in [1.54, 1.807) is 24.3 Å². The van der Waals surface area contributed by atoms with Crippen LogP contribution in [0.1, 0.15) is 22.3 Å². The molecule has 0 aliphatic carbocycles. The van der Waals surface area contributed by atoms with E-state index >= 15 is 0 Å². The molecule has 2 aromatic carbocycles. The third-order valence-electron chi connectivity index (χ3n) is 4.35. The Balaban J connectivity index is 1.83. The van der Waals surface area contributed by atoms with Crippen LogP contribution in [0.5, 0.6) is 0 Å². The van der Waals surface area contributed by atoms with E-state index in [-0.39, 0.29) is 11.5 Å². The van der Waals surface area contributed by atoms with Crippen LogP contribution < -0.4 is 10.2 Å². The highest BCUT2D eigenvalue weighted by Crippen LogP contribution is 2.30. The Morgan fingerprint density at radius 1 is 1.37 bits per heavy atom. The summed E-state index contributed by atoms with van der Waals surface area (Å²) < 4.78 is 13.7. The van der Waals surface area contributed by atoms with E-state index in [2.05, 4.69) is 5.32 Å². The minimum atomic E-state index is -0.878. The second-order valence-corrected chi connectivity index (χ2v) is 6.54. The van der Waals surface area contributed by atoms with Crippen LogP contribution in [0.2, 0.25) is 5.02 Å². The first kappa shape index (κ1) is 18.8. The number of carbonyl (C=O) groups is 2. The molecule has 0 spiro atoms. The summed E-state index contributed by atoms with van der Waals surface area (Å²) in [5.74, 6) is -2.02. The van der Waals surface area contributed by atoms with Gasteiger partial charge in [-0.1, -0.05) is 23.7 Å². The third kappa shape index (κ3) is 3.61. The number of nitrogens with zero attached hydrogens (tertiary/aromatic N) is 2. The number of amides is 2. The predicted molar refractivity (Wildman–Crippen MR) is 97.5 cm³/mol. The number of hydrogen-bond acceptors (Lipinski definition) is 4. The number of hydrogen-bond donors (Lipinski definition) is 1. The van der Waals surface area contributed by atoms with Gasteiger partial charge in [0.2, 0.25) is 5.91 Å². The topological polar surface area (TPSA) is 92.6 Å². The summed E-state index contributed by atoms with van der Waals surface area (Å²) in [6.07, 6.45) is 0.303. The molecule has 3 rings (SSSR count). The summed E-state index contributed by atoms with van der Waals surface area (Å²) in [7, 11) is 0. The fraction of sp³-hybridized carbons (Fsp3) is 0.222. The maximum atomic E-state index is 13.7. The van der Waals surface area contributed by atoms with Gasteiger partial charge in [0.15, 0.2) is 0 Å². The van der Waals surface area contributed by atoms with Crippen LogP contribution in [0.25, 0.3) is 0 Å². The zero-order valence-electron chi connectivity index (χ0n) is 14.2. The van der Waals surface area contributed by atoms with Gasteiger partial charge in [0.05, 0.1) is 15.6 Å². The smallest absolute Gasteiger partial charge is 0.285 e. The van der Waals surface area contributed by atoms with Crippen molar-refractivity contribution >= 4 is 34.8 Å². The summed E-state index contributed by atoms with van der Waals surface area (Å²) in [4.78, 5) is 37.1. The fourth-order valence-corrected chi connectivity index (χ4v) is 3.35. The van der Waals surface area contributed by atoms with Crippen molar-refractivity contribution in [1.82, 2.24) is 5.32 Å². The summed E-state index contributed by atoms with van der Waals surface area (Å²) in [5.41, 5.74) is -0.349. The van der Waals surface area contributed by atoms with Gasteiger partial charge < -0.3 is 10.2 Å². The highest BCUT2D eigenvalue weighted by molar-refractivity contribution is 6.34. The number of nitrogens with one attached hydrogen (secondary N) is 1. The number of benzene rings is 2.